The van der Waals surface area contributed by atoms with Crippen molar-refractivity contribution < 1.29 is 0 Å². The quantitative estimate of drug-likeness (QED) is 0.762. The van der Waals surface area contributed by atoms with Gasteiger partial charge >= 0.3 is 0 Å². The van der Waals surface area contributed by atoms with E-state index in [9.17, 15) is 0 Å². The molecule has 0 amide bonds. The lowest BCUT2D eigenvalue weighted by molar-refractivity contribution is 0.127. The molecule has 0 N–H and O–H groups in total. The lowest BCUT2D eigenvalue weighted by Gasteiger charge is -2.33. The number of rotatable bonds is 3. The van der Waals surface area contributed by atoms with Crippen LogP contribution in [-0.4, -0.2) is 51.5 Å². The molecule has 2 unspecified atom stereocenters. The van der Waals surface area contributed by atoms with Gasteiger partial charge in [0.2, 0.25) is 5.28 Å². The first kappa shape index (κ1) is 11.4. The Morgan fingerprint density at radius 2 is 1.88 bits per heavy atom. The molecule has 2 atom stereocenters. The number of likely N-dealkylation sites (tertiary alicyclic amines) is 2. The molecule has 92 valence electrons. The summed E-state index contributed by atoms with van der Waals surface area (Å²) in [6.45, 7) is 6.78. The fraction of sp³-hybridized carbons (Fsp3) is 0.667. The molecule has 4 nitrogen and oxygen atoms in total. The van der Waals surface area contributed by atoms with E-state index in [0.717, 1.165) is 24.2 Å². The highest BCUT2D eigenvalue weighted by Gasteiger charge is 2.42. The Kier molecular flexibility index (Phi) is 3.03. The van der Waals surface area contributed by atoms with Gasteiger partial charge in [0, 0.05) is 49.7 Å². The van der Waals surface area contributed by atoms with Crippen LogP contribution in [0.4, 0.5) is 0 Å². The van der Waals surface area contributed by atoms with Crippen molar-refractivity contribution >= 4 is 11.6 Å². The molecule has 1 aromatic rings. The molecular weight excluding hydrogens is 236 g/mol. The Bertz CT molecular complexity index is 394. The third kappa shape index (κ3) is 2.17. The molecular formula is C12H17ClN4. The summed E-state index contributed by atoms with van der Waals surface area (Å²) in [6.07, 6.45) is 4.99. The van der Waals surface area contributed by atoms with Crippen LogP contribution in [0.5, 0.6) is 0 Å². The maximum Gasteiger partial charge on any atom is 0.222 e. The molecule has 5 heteroatoms. The summed E-state index contributed by atoms with van der Waals surface area (Å²) in [5, 5.41) is 0.328. The van der Waals surface area contributed by atoms with Crippen molar-refractivity contribution in [3.63, 3.8) is 0 Å². The van der Waals surface area contributed by atoms with E-state index in [-0.39, 0.29) is 0 Å². The molecule has 2 fully saturated rings. The van der Waals surface area contributed by atoms with Gasteiger partial charge in [-0.15, -0.1) is 0 Å². The summed E-state index contributed by atoms with van der Waals surface area (Å²) in [4.78, 5) is 13.2. The fourth-order valence-electron chi connectivity index (χ4n) is 3.07. The van der Waals surface area contributed by atoms with Crippen LogP contribution >= 0.6 is 11.6 Å². The number of aromatic nitrogens is 2. The van der Waals surface area contributed by atoms with Crippen molar-refractivity contribution in [1.29, 1.82) is 0 Å². The SMILES string of the molecule is CCN1CC2CC1CN2Cc1cnc(Cl)nc1. The van der Waals surface area contributed by atoms with E-state index in [1.165, 1.54) is 26.1 Å². The fourth-order valence-corrected chi connectivity index (χ4v) is 3.17. The molecule has 2 bridgehead atoms. The van der Waals surface area contributed by atoms with Gasteiger partial charge in [0.25, 0.3) is 0 Å². The number of fused-ring (bicyclic) bond motifs is 2. The zero-order valence-corrected chi connectivity index (χ0v) is 10.8. The molecule has 2 aliphatic rings. The molecule has 0 spiro atoms. The van der Waals surface area contributed by atoms with Crippen LogP contribution in [0.1, 0.15) is 18.9 Å². The van der Waals surface area contributed by atoms with Crippen molar-refractivity contribution in [2.24, 2.45) is 0 Å². The van der Waals surface area contributed by atoms with Gasteiger partial charge in [0.1, 0.15) is 0 Å². The maximum absolute atomic E-state index is 5.69. The maximum atomic E-state index is 5.69. The first-order valence-corrected chi connectivity index (χ1v) is 6.58. The van der Waals surface area contributed by atoms with Gasteiger partial charge in [-0.05, 0) is 24.6 Å². The van der Waals surface area contributed by atoms with E-state index >= 15 is 0 Å². The first-order chi connectivity index (χ1) is 8.26. The molecule has 2 saturated heterocycles. The molecule has 0 saturated carbocycles. The molecule has 17 heavy (non-hydrogen) atoms. The van der Waals surface area contributed by atoms with Gasteiger partial charge in [0.05, 0.1) is 0 Å². The van der Waals surface area contributed by atoms with E-state index in [1.807, 2.05) is 12.4 Å². The molecule has 0 radical (unpaired) electrons. The predicted octanol–water partition coefficient (Wildman–Crippen LogP) is 1.41. The highest BCUT2D eigenvalue weighted by atomic mass is 35.5. The Hall–Kier alpha value is -0.710. The summed E-state index contributed by atoms with van der Waals surface area (Å²) in [6, 6.07) is 1.48. The molecule has 0 aliphatic carbocycles. The number of hydrogen-bond donors (Lipinski definition) is 0. The van der Waals surface area contributed by atoms with Crippen LogP contribution in [-0.2, 0) is 6.54 Å². The topological polar surface area (TPSA) is 32.3 Å². The Morgan fingerprint density at radius 1 is 1.24 bits per heavy atom. The predicted molar refractivity (Wildman–Crippen MR) is 66.9 cm³/mol. The van der Waals surface area contributed by atoms with Crippen LogP contribution in [0.15, 0.2) is 12.4 Å². The third-order valence-corrected chi connectivity index (χ3v) is 4.13. The number of halogens is 1. The van der Waals surface area contributed by atoms with E-state index in [4.69, 9.17) is 11.6 Å². The number of hydrogen-bond acceptors (Lipinski definition) is 4. The molecule has 3 heterocycles. The largest absolute Gasteiger partial charge is 0.298 e. The summed E-state index contributed by atoms with van der Waals surface area (Å²) in [5.74, 6) is 0. The molecule has 3 rings (SSSR count). The van der Waals surface area contributed by atoms with Gasteiger partial charge in [-0.1, -0.05) is 6.92 Å². The van der Waals surface area contributed by atoms with Crippen molar-refractivity contribution in [3.8, 4) is 0 Å². The number of nitrogens with zero attached hydrogens (tertiary/aromatic N) is 4. The van der Waals surface area contributed by atoms with E-state index in [2.05, 4.69) is 26.7 Å². The minimum Gasteiger partial charge on any atom is -0.298 e. The summed E-state index contributed by atoms with van der Waals surface area (Å²) in [5.41, 5.74) is 1.16. The minimum absolute atomic E-state index is 0.328. The lowest BCUT2D eigenvalue weighted by atomic mass is 10.2. The highest BCUT2D eigenvalue weighted by Crippen LogP contribution is 2.31. The lowest BCUT2D eigenvalue weighted by Crippen LogP contribution is -2.45. The molecule has 2 aliphatic heterocycles. The second-order valence-electron chi connectivity index (χ2n) is 4.92. The van der Waals surface area contributed by atoms with E-state index in [0.29, 0.717) is 5.28 Å². The van der Waals surface area contributed by atoms with Gasteiger partial charge < -0.3 is 0 Å². The van der Waals surface area contributed by atoms with Crippen molar-refractivity contribution in [1.82, 2.24) is 19.8 Å². The zero-order chi connectivity index (χ0) is 11.8. The molecule has 0 aromatic carbocycles. The van der Waals surface area contributed by atoms with Gasteiger partial charge in [0.15, 0.2) is 0 Å². The van der Waals surface area contributed by atoms with Gasteiger partial charge in [-0.2, -0.15) is 0 Å². The summed E-state index contributed by atoms with van der Waals surface area (Å²) in [7, 11) is 0. The zero-order valence-electron chi connectivity index (χ0n) is 10.0. The smallest absolute Gasteiger partial charge is 0.222 e. The third-order valence-electron chi connectivity index (χ3n) is 3.93. The van der Waals surface area contributed by atoms with Gasteiger partial charge in [-0.25, -0.2) is 9.97 Å². The van der Waals surface area contributed by atoms with Crippen LogP contribution in [0.3, 0.4) is 0 Å². The average molecular weight is 253 g/mol. The monoisotopic (exact) mass is 252 g/mol. The summed E-state index contributed by atoms with van der Waals surface area (Å²) >= 11 is 5.69. The van der Waals surface area contributed by atoms with Crippen LogP contribution in [0.25, 0.3) is 0 Å². The minimum atomic E-state index is 0.328. The number of likely N-dealkylation sites (N-methyl/N-ethyl adjacent to an activating group) is 1. The van der Waals surface area contributed by atoms with E-state index in [1.54, 1.807) is 0 Å². The van der Waals surface area contributed by atoms with E-state index < -0.39 is 0 Å². The van der Waals surface area contributed by atoms with Crippen LogP contribution in [0, 0.1) is 0 Å². The number of piperazine rings is 1. The Balaban J connectivity index is 1.63. The summed E-state index contributed by atoms with van der Waals surface area (Å²) < 4.78 is 0. The first-order valence-electron chi connectivity index (χ1n) is 6.20. The standard InChI is InChI=1S/C12H17ClN4/c1-2-16-7-11-3-10(16)8-17(11)6-9-4-14-12(13)15-5-9/h4-5,10-11H,2-3,6-8H2,1H3. The average Bonchev–Trinajstić information content (AvgIpc) is 2.91. The van der Waals surface area contributed by atoms with Crippen molar-refractivity contribution in [2.45, 2.75) is 32.0 Å². The molecule has 1 aromatic heterocycles. The van der Waals surface area contributed by atoms with Crippen LogP contribution < -0.4 is 0 Å². The van der Waals surface area contributed by atoms with Gasteiger partial charge in [-0.3, -0.25) is 9.80 Å². The van der Waals surface area contributed by atoms with Crippen molar-refractivity contribution in [3.05, 3.63) is 23.2 Å². The Morgan fingerprint density at radius 3 is 2.47 bits per heavy atom. The Labute approximate surface area is 107 Å². The van der Waals surface area contributed by atoms with Crippen molar-refractivity contribution in [2.75, 3.05) is 19.6 Å². The highest BCUT2D eigenvalue weighted by molar-refractivity contribution is 6.28. The second-order valence-corrected chi connectivity index (χ2v) is 5.26. The normalized spacial score (nSPS) is 29.1. The van der Waals surface area contributed by atoms with Crippen LogP contribution in [0.2, 0.25) is 5.28 Å². The second kappa shape index (κ2) is 4.52.